The van der Waals surface area contributed by atoms with Crippen LogP contribution in [0.25, 0.3) is 0 Å². The van der Waals surface area contributed by atoms with Gasteiger partial charge in [0.15, 0.2) is 0 Å². The predicted molar refractivity (Wildman–Crippen MR) is 53.8 cm³/mol. The minimum atomic E-state index is -0.0799. The lowest BCUT2D eigenvalue weighted by molar-refractivity contribution is -0.0280. The average Bonchev–Trinajstić information content (AvgIpc) is 2.69. The van der Waals surface area contributed by atoms with E-state index in [0.717, 1.165) is 12.8 Å². The molecule has 1 heterocycles. The van der Waals surface area contributed by atoms with Crippen molar-refractivity contribution in [2.24, 2.45) is 0 Å². The summed E-state index contributed by atoms with van der Waals surface area (Å²) in [5.41, 5.74) is 0. The molecule has 5 heteroatoms. The van der Waals surface area contributed by atoms with E-state index >= 15 is 0 Å². The van der Waals surface area contributed by atoms with Crippen molar-refractivity contribution in [2.45, 2.75) is 25.6 Å². The zero-order valence-electron chi connectivity index (χ0n) is 8.06. The highest BCUT2D eigenvalue weighted by Gasteiger charge is 2.09. The van der Waals surface area contributed by atoms with Crippen LogP contribution in [0.15, 0.2) is 12.5 Å². The van der Waals surface area contributed by atoms with Crippen molar-refractivity contribution in [1.82, 2.24) is 0 Å². The number of alkyl halides is 1. The molecule has 14 heavy (non-hydrogen) atoms. The summed E-state index contributed by atoms with van der Waals surface area (Å²) in [7, 11) is 0. The molecule has 0 saturated heterocycles. The molecule has 0 spiro atoms. The molecule has 0 fully saturated rings. The lowest BCUT2D eigenvalue weighted by Gasteiger charge is -2.07. The van der Waals surface area contributed by atoms with Crippen LogP contribution >= 0.6 is 11.6 Å². The summed E-state index contributed by atoms with van der Waals surface area (Å²) in [6, 6.07) is 0. The SMILES string of the molecule is ClCCCC1OC=CO1.OCCCO. The van der Waals surface area contributed by atoms with E-state index in [4.69, 9.17) is 31.3 Å². The van der Waals surface area contributed by atoms with Crippen LogP contribution in [0.2, 0.25) is 0 Å². The van der Waals surface area contributed by atoms with Gasteiger partial charge in [-0.25, -0.2) is 0 Å². The molecule has 0 amide bonds. The third-order valence-electron chi connectivity index (χ3n) is 1.41. The molecule has 4 nitrogen and oxygen atoms in total. The molecule has 0 radical (unpaired) electrons. The van der Waals surface area contributed by atoms with Gasteiger partial charge in [-0.05, 0) is 12.8 Å². The van der Waals surface area contributed by atoms with Crippen molar-refractivity contribution >= 4 is 11.6 Å². The van der Waals surface area contributed by atoms with E-state index in [-0.39, 0.29) is 19.5 Å². The van der Waals surface area contributed by atoms with Gasteiger partial charge in [-0.2, -0.15) is 0 Å². The first-order valence-electron chi connectivity index (χ1n) is 4.58. The minimum Gasteiger partial charge on any atom is -0.459 e. The Hall–Kier alpha value is -0.450. The maximum atomic E-state index is 7.91. The van der Waals surface area contributed by atoms with Crippen LogP contribution in [0, 0.1) is 0 Å². The second kappa shape index (κ2) is 10.6. The van der Waals surface area contributed by atoms with Crippen molar-refractivity contribution in [2.75, 3.05) is 19.1 Å². The van der Waals surface area contributed by atoms with E-state index in [1.54, 1.807) is 12.5 Å². The summed E-state index contributed by atoms with van der Waals surface area (Å²) in [4.78, 5) is 0. The quantitative estimate of drug-likeness (QED) is 0.690. The molecule has 0 unspecified atom stereocenters. The van der Waals surface area contributed by atoms with Gasteiger partial charge >= 0.3 is 0 Å². The van der Waals surface area contributed by atoms with E-state index in [9.17, 15) is 0 Å². The number of ether oxygens (including phenoxy) is 2. The molecular weight excluding hydrogens is 208 g/mol. The Morgan fingerprint density at radius 3 is 2.00 bits per heavy atom. The first-order chi connectivity index (χ1) is 6.85. The largest absolute Gasteiger partial charge is 0.459 e. The number of hydrogen-bond acceptors (Lipinski definition) is 4. The van der Waals surface area contributed by atoms with Gasteiger partial charge in [0, 0.05) is 25.5 Å². The molecule has 1 rings (SSSR count). The van der Waals surface area contributed by atoms with E-state index in [1.165, 1.54) is 0 Å². The Balaban J connectivity index is 0.000000292. The molecule has 1 aliphatic rings. The highest BCUT2D eigenvalue weighted by atomic mass is 35.5. The zero-order chi connectivity index (χ0) is 10.6. The molecule has 84 valence electrons. The van der Waals surface area contributed by atoms with Crippen LogP contribution in [-0.2, 0) is 9.47 Å². The van der Waals surface area contributed by atoms with Crippen molar-refractivity contribution in [1.29, 1.82) is 0 Å². The standard InChI is InChI=1S/C6H9ClO2.C3H8O2/c7-3-1-2-6-8-4-5-9-6;4-2-1-3-5/h4-6H,1-3H2;4-5H,1-3H2. The molecule has 0 atom stereocenters. The second-order valence-corrected chi connectivity index (χ2v) is 2.98. The Bertz CT molecular complexity index is 131. The zero-order valence-corrected chi connectivity index (χ0v) is 8.82. The van der Waals surface area contributed by atoms with Crippen molar-refractivity contribution in [3.05, 3.63) is 12.5 Å². The van der Waals surface area contributed by atoms with Gasteiger partial charge in [0.2, 0.25) is 6.29 Å². The maximum absolute atomic E-state index is 7.91. The molecule has 0 saturated carbocycles. The number of aliphatic hydroxyl groups is 2. The van der Waals surface area contributed by atoms with Crippen LogP contribution in [0.4, 0.5) is 0 Å². The lowest BCUT2D eigenvalue weighted by atomic mass is 10.3. The molecule has 0 aromatic rings. The minimum absolute atomic E-state index is 0.0799. The second-order valence-electron chi connectivity index (χ2n) is 2.61. The van der Waals surface area contributed by atoms with Gasteiger partial charge < -0.3 is 19.7 Å². The van der Waals surface area contributed by atoms with E-state index in [0.29, 0.717) is 12.3 Å². The Labute approximate surface area is 89.1 Å². The maximum Gasteiger partial charge on any atom is 0.239 e. The normalized spacial score (nSPS) is 14.2. The number of rotatable bonds is 5. The highest BCUT2D eigenvalue weighted by molar-refractivity contribution is 6.17. The monoisotopic (exact) mass is 224 g/mol. The predicted octanol–water partition coefficient (Wildman–Crippen LogP) is 1.21. The van der Waals surface area contributed by atoms with Gasteiger partial charge in [0.25, 0.3) is 0 Å². The number of aliphatic hydroxyl groups excluding tert-OH is 2. The first kappa shape index (κ1) is 13.5. The van der Waals surface area contributed by atoms with Gasteiger partial charge in [0.1, 0.15) is 12.5 Å². The smallest absolute Gasteiger partial charge is 0.239 e. The third-order valence-corrected chi connectivity index (χ3v) is 1.67. The van der Waals surface area contributed by atoms with E-state index in [1.807, 2.05) is 0 Å². The summed E-state index contributed by atoms with van der Waals surface area (Å²) in [5, 5.41) is 15.8. The van der Waals surface area contributed by atoms with Crippen LogP contribution in [0.5, 0.6) is 0 Å². The average molecular weight is 225 g/mol. The molecule has 2 N–H and O–H groups in total. The fourth-order valence-electron chi connectivity index (χ4n) is 0.722. The summed E-state index contributed by atoms with van der Waals surface area (Å²) in [5.74, 6) is 0.670. The Kier molecular flexibility index (Phi) is 10.3. The molecular formula is C9H17ClO4. The summed E-state index contributed by atoms with van der Waals surface area (Å²) >= 11 is 5.45. The summed E-state index contributed by atoms with van der Waals surface area (Å²) in [6.45, 7) is 0.188. The third kappa shape index (κ3) is 8.16. The Morgan fingerprint density at radius 1 is 1.07 bits per heavy atom. The van der Waals surface area contributed by atoms with Gasteiger partial charge in [0.05, 0.1) is 0 Å². The summed E-state index contributed by atoms with van der Waals surface area (Å²) < 4.78 is 9.99. The van der Waals surface area contributed by atoms with Crippen molar-refractivity contribution in [3.63, 3.8) is 0 Å². The molecule has 0 aromatic heterocycles. The highest BCUT2D eigenvalue weighted by Crippen LogP contribution is 2.10. The van der Waals surface area contributed by atoms with Gasteiger partial charge in [-0.1, -0.05) is 0 Å². The fraction of sp³-hybridized carbons (Fsp3) is 0.778. The van der Waals surface area contributed by atoms with Crippen LogP contribution in [-0.4, -0.2) is 35.6 Å². The van der Waals surface area contributed by atoms with Crippen molar-refractivity contribution in [3.8, 4) is 0 Å². The van der Waals surface area contributed by atoms with E-state index < -0.39 is 0 Å². The molecule has 1 aliphatic heterocycles. The number of halogens is 1. The first-order valence-corrected chi connectivity index (χ1v) is 5.12. The van der Waals surface area contributed by atoms with Crippen LogP contribution < -0.4 is 0 Å². The molecule has 0 bridgehead atoms. The number of hydrogen-bond donors (Lipinski definition) is 2. The van der Waals surface area contributed by atoms with Crippen molar-refractivity contribution < 1.29 is 19.7 Å². The van der Waals surface area contributed by atoms with Gasteiger partial charge in [-0.15, -0.1) is 11.6 Å². The van der Waals surface area contributed by atoms with E-state index in [2.05, 4.69) is 0 Å². The summed E-state index contributed by atoms with van der Waals surface area (Å²) in [6.07, 6.45) is 5.34. The molecule has 0 aromatic carbocycles. The molecule has 0 aliphatic carbocycles. The fourth-order valence-corrected chi connectivity index (χ4v) is 0.876. The van der Waals surface area contributed by atoms with Crippen LogP contribution in [0.1, 0.15) is 19.3 Å². The Morgan fingerprint density at radius 2 is 1.64 bits per heavy atom. The van der Waals surface area contributed by atoms with Gasteiger partial charge in [-0.3, -0.25) is 0 Å². The topological polar surface area (TPSA) is 58.9 Å². The lowest BCUT2D eigenvalue weighted by Crippen LogP contribution is -2.06. The van der Waals surface area contributed by atoms with Crippen LogP contribution in [0.3, 0.4) is 0 Å².